The topological polar surface area (TPSA) is 32.3 Å². The first-order valence-electron chi connectivity index (χ1n) is 5.93. The van der Waals surface area contributed by atoms with Crippen molar-refractivity contribution < 1.29 is 13.6 Å². The second kappa shape index (κ2) is 5.44. The molecule has 5 heteroatoms. The van der Waals surface area contributed by atoms with E-state index >= 15 is 0 Å². The van der Waals surface area contributed by atoms with Gasteiger partial charge >= 0.3 is 6.43 Å². The molecule has 0 unspecified atom stereocenters. The lowest BCUT2D eigenvalue weighted by Gasteiger charge is -2.26. The van der Waals surface area contributed by atoms with Crippen LogP contribution in [0, 0.1) is 0 Å². The SMILES string of the molecule is CN1CC[C@@H](NC(=O)C(F)F)[C@@H]1c1ccccc1. The summed E-state index contributed by atoms with van der Waals surface area (Å²) in [4.78, 5) is 13.2. The molecule has 1 fully saturated rings. The van der Waals surface area contributed by atoms with Crippen LogP contribution in [0.1, 0.15) is 18.0 Å². The van der Waals surface area contributed by atoms with Gasteiger partial charge in [0, 0.05) is 12.6 Å². The van der Waals surface area contributed by atoms with Crippen molar-refractivity contribution in [1.82, 2.24) is 10.2 Å². The van der Waals surface area contributed by atoms with Crippen LogP contribution >= 0.6 is 0 Å². The lowest BCUT2D eigenvalue weighted by molar-refractivity contribution is -0.132. The van der Waals surface area contributed by atoms with Crippen LogP contribution in [0.4, 0.5) is 8.78 Å². The van der Waals surface area contributed by atoms with Crippen LogP contribution < -0.4 is 5.32 Å². The molecule has 3 nitrogen and oxygen atoms in total. The molecule has 0 aliphatic carbocycles. The first-order valence-corrected chi connectivity index (χ1v) is 5.93. The fourth-order valence-corrected chi connectivity index (χ4v) is 2.48. The van der Waals surface area contributed by atoms with Crippen molar-refractivity contribution in [1.29, 1.82) is 0 Å². The van der Waals surface area contributed by atoms with E-state index < -0.39 is 12.3 Å². The molecule has 0 spiro atoms. The third-order valence-corrected chi connectivity index (χ3v) is 3.32. The van der Waals surface area contributed by atoms with Crippen molar-refractivity contribution in [3.63, 3.8) is 0 Å². The first-order chi connectivity index (χ1) is 8.59. The van der Waals surface area contributed by atoms with Crippen molar-refractivity contribution in [2.45, 2.75) is 24.9 Å². The summed E-state index contributed by atoms with van der Waals surface area (Å²) in [6.07, 6.45) is -2.26. The minimum atomic E-state index is -2.95. The minimum Gasteiger partial charge on any atom is -0.346 e. The highest BCUT2D eigenvalue weighted by Crippen LogP contribution is 2.30. The molecule has 98 valence electrons. The molecule has 2 rings (SSSR count). The molecule has 0 bridgehead atoms. The van der Waals surface area contributed by atoms with Gasteiger partial charge in [0.2, 0.25) is 0 Å². The van der Waals surface area contributed by atoms with Crippen LogP contribution in [0.5, 0.6) is 0 Å². The number of benzene rings is 1. The summed E-state index contributed by atoms with van der Waals surface area (Å²) in [7, 11) is 1.94. The third kappa shape index (κ3) is 2.67. The minimum absolute atomic E-state index is 0.0334. The molecule has 1 N–H and O–H groups in total. The van der Waals surface area contributed by atoms with E-state index in [1.54, 1.807) is 0 Å². The summed E-state index contributed by atoms with van der Waals surface area (Å²) in [5.41, 5.74) is 1.04. The molecule has 1 saturated heterocycles. The monoisotopic (exact) mass is 254 g/mol. The summed E-state index contributed by atoms with van der Waals surface area (Å²) in [5, 5.41) is 2.43. The van der Waals surface area contributed by atoms with Crippen LogP contribution in [0.2, 0.25) is 0 Å². The molecular formula is C13H16F2N2O. The largest absolute Gasteiger partial charge is 0.346 e. The average Bonchev–Trinajstić information content (AvgIpc) is 2.71. The van der Waals surface area contributed by atoms with E-state index in [0.717, 1.165) is 12.1 Å². The number of nitrogens with zero attached hydrogens (tertiary/aromatic N) is 1. The van der Waals surface area contributed by atoms with Gasteiger partial charge in [-0.2, -0.15) is 8.78 Å². The van der Waals surface area contributed by atoms with E-state index in [-0.39, 0.29) is 12.1 Å². The highest BCUT2D eigenvalue weighted by molar-refractivity contribution is 5.79. The van der Waals surface area contributed by atoms with Gasteiger partial charge < -0.3 is 5.32 Å². The maximum Gasteiger partial charge on any atom is 0.315 e. The number of nitrogens with one attached hydrogen (secondary N) is 1. The van der Waals surface area contributed by atoms with Gasteiger partial charge in [0.1, 0.15) is 0 Å². The number of carbonyl (C=O) groups excluding carboxylic acids is 1. The predicted octanol–water partition coefficient (Wildman–Crippen LogP) is 1.81. The molecule has 18 heavy (non-hydrogen) atoms. The Labute approximate surface area is 105 Å². The van der Waals surface area contributed by atoms with E-state index in [2.05, 4.69) is 10.2 Å². The zero-order valence-electron chi connectivity index (χ0n) is 10.1. The van der Waals surface area contributed by atoms with Gasteiger partial charge in [-0.15, -0.1) is 0 Å². The van der Waals surface area contributed by atoms with Crippen molar-refractivity contribution in [3.8, 4) is 0 Å². The summed E-state index contributed by atoms with van der Waals surface area (Å²) in [6.45, 7) is 0.785. The summed E-state index contributed by atoms with van der Waals surface area (Å²) < 4.78 is 24.6. The Kier molecular flexibility index (Phi) is 3.91. The van der Waals surface area contributed by atoms with E-state index in [4.69, 9.17) is 0 Å². The quantitative estimate of drug-likeness (QED) is 0.892. The number of hydrogen-bond acceptors (Lipinski definition) is 2. The highest BCUT2D eigenvalue weighted by atomic mass is 19.3. The molecule has 1 aromatic carbocycles. The van der Waals surface area contributed by atoms with Gasteiger partial charge in [-0.1, -0.05) is 30.3 Å². The highest BCUT2D eigenvalue weighted by Gasteiger charge is 2.35. The summed E-state index contributed by atoms with van der Waals surface area (Å²) >= 11 is 0. The lowest BCUT2D eigenvalue weighted by atomic mass is 10.0. The fourth-order valence-electron chi connectivity index (χ4n) is 2.48. The Balaban J connectivity index is 2.13. The Bertz CT molecular complexity index is 411. The lowest BCUT2D eigenvalue weighted by Crippen LogP contribution is -2.41. The van der Waals surface area contributed by atoms with Crippen LogP contribution in [0.25, 0.3) is 0 Å². The van der Waals surface area contributed by atoms with E-state index in [0.29, 0.717) is 6.42 Å². The van der Waals surface area contributed by atoms with Crippen molar-refractivity contribution in [2.24, 2.45) is 0 Å². The number of likely N-dealkylation sites (tertiary alicyclic amines) is 1. The predicted molar refractivity (Wildman–Crippen MR) is 64.4 cm³/mol. The van der Waals surface area contributed by atoms with Gasteiger partial charge in [-0.25, -0.2) is 0 Å². The maximum absolute atomic E-state index is 12.3. The standard InChI is InChI=1S/C13H16F2N2O/c1-17-8-7-10(16-13(18)12(14)15)11(17)9-5-3-2-4-6-9/h2-6,10-12H,7-8H2,1H3,(H,16,18)/t10-,11+/m1/s1. The van der Waals surface area contributed by atoms with Gasteiger partial charge in [0.25, 0.3) is 5.91 Å². The number of alkyl halides is 2. The Morgan fingerprint density at radius 2 is 2.06 bits per heavy atom. The van der Waals surface area contributed by atoms with Crippen LogP contribution in [-0.4, -0.2) is 36.9 Å². The number of likely N-dealkylation sites (N-methyl/N-ethyl adjacent to an activating group) is 1. The van der Waals surface area contributed by atoms with E-state index in [1.807, 2.05) is 37.4 Å². The first kappa shape index (κ1) is 13.0. The Hall–Kier alpha value is -1.49. The molecule has 1 amide bonds. The van der Waals surface area contributed by atoms with E-state index in [9.17, 15) is 13.6 Å². The van der Waals surface area contributed by atoms with Crippen molar-refractivity contribution in [3.05, 3.63) is 35.9 Å². The molecule has 0 saturated carbocycles. The molecule has 0 aromatic heterocycles. The zero-order valence-corrected chi connectivity index (χ0v) is 10.1. The van der Waals surface area contributed by atoms with Crippen LogP contribution in [0.15, 0.2) is 30.3 Å². The smallest absolute Gasteiger partial charge is 0.315 e. The summed E-state index contributed by atoms with van der Waals surface area (Å²) in [5.74, 6) is -1.18. The number of halogens is 2. The van der Waals surface area contributed by atoms with Crippen molar-refractivity contribution >= 4 is 5.91 Å². The van der Waals surface area contributed by atoms with Crippen LogP contribution in [0.3, 0.4) is 0 Å². The molecule has 1 aromatic rings. The summed E-state index contributed by atoms with van der Waals surface area (Å²) in [6, 6.07) is 9.35. The van der Waals surface area contributed by atoms with Gasteiger partial charge in [0.05, 0.1) is 6.04 Å². The average molecular weight is 254 g/mol. The van der Waals surface area contributed by atoms with Gasteiger partial charge in [-0.05, 0) is 19.0 Å². The number of hydrogen-bond donors (Lipinski definition) is 1. The van der Waals surface area contributed by atoms with Crippen molar-refractivity contribution in [2.75, 3.05) is 13.6 Å². The van der Waals surface area contributed by atoms with Gasteiger partial charge in [0.15, 0.2) is 0 Å². The third-order valence-electron chi connectivity index (χ3n) is 3.32. The molecular weight excluding hydrogens is 238 g/mol. The zero-order chi connectivity index (χ0) is 13.1. The normalized spacial score (nSPS) is 24.4. The molecule has 0 radical (unpaired) electrons. The van der Waals surface area contributed by atoms with Gasteiger partial charge in [-0.3, -0.25) is 9.69 Å². The Morgan fingerprint density at radius 3 is 2.67 bits per heavy atom. The number of rotatable bonds is 3. The molecule has 1 heterocycles. The fraction of sp³-hybridized carbons (Fsp3) is 0.462. The molecule has 1 aliphatic rings. The Morgan fingerprint density at radius 1 is 1.39 bits per heavy atom. The maximum atomic E-state index is 12.3. The second-order valence-corrected chi connectivity index (χ2v) is 4.54. The second-order valence-electron chi connectivity index (χ2n) is 4.54. The molecule has 2 atom stereocenters. The molecule has 1 aliphatic heterocycles. The van der Waals surface area contributed by atoms with Crippen LogP contribution in [-0.2, 0) is 4.79 Å². The number of carbonyl (C=O) groups is 1. The van der Waals surface area contributed by atoms with E-state index in [1.165, 1.54) is 0 Å². The number of amides is 1.